The van der Waals surface area contributed by atoms with Crippen LogP contribution in [-0.4, -0.2) is 0 Å². The first-order valence-electron chi connectivity index (χ1n) is 10.7. The number of halogens is 12. The SMILES string of the molecule is N#Cc1c(F)c(F)c(C=C2C(=Cc3c(F)c(F)c(C#N)c(F)c3F)C2=Cc2c(F)c(F)c(C#N)c(F)c2F)c(F)c1F. The molecule has 0 amide bonds. The Morgan fingerprint density at radius 2 is 0.476 bits per heavy atom. The van der Waals surface area contributed by atoms with E-state index in [0.29, 0.717) is 0 Å². The van der Waals surface area contributed by atoms with E-state index in [1.807, 2.05) is 0 Å². The molecule has 4 rings (SSSR count). The summed E-state index contributed by atoms with van der Waals surface area (Å²) in [6.45, 7) is 0. The van der Waals surface area contributed by atoms with Crippen LogP contribution < -0.4 is 0 Å². The van der Waals surface area contributed by atoms with E-state index < -0.39 is 120 Å². The maximum atomic E-state index is 14.5. The van der Waals surface area contributed by atoms with Crippen LogP contribution in [0.2, 0.25) is 0 Å². The van der Waals surface area contributed by atoms with Crippen molar-refractivity contribution in [1.82, 2.24) is 0 Å². The summed E-state index contributed by atoms with van der Waals surface area (Å²) in [6.07, 6.45) is 0.565. The average molecular weight is 597 g/mol. The Bertz CT molecular complexity index is 1660. The topological polar surface area (TPSA) is 71.4 Å². The minimum atomic E-state index is -2.19. The largest absolute Gasteiger partial charge is 0.203 e. The fourth-order valence-electron chi connectivity index (χ4n) is 3.75. The second-order valence-electron chi connectivity index (χ2n) is 8.14. The van der Waals surface area contributed by atoms with Crippen molar-refractivity contribution >= 4 is 18.2 Å². The van der Waals surface area contributed by atoms with Gasteiger partial charge in [0.1, 0.15) is 34.9 Å². The van der Waals surface area contributed by atoms with Gasteiger partial charge in [0.25, 0.3) is 0 Å². The molecule has 0 spiro atoms. The maximum absolute atomic E-state index is 14.5. The van der Waals surface area contributed by atoms with Gasteiger partial charge in [-0.15, -0.1) is 0 Å². The number of nitriles is 3. The molecule has 0 unspecified atom stereocenters. The molecule has 0 N–H and O–H groups in total. The monoisotopic (exact) mass is 597 g/mol. The summed E-state index contributed by atoms with van der Waals surface area (Å²) in [5, 5.41) is 26.1. The number of benzene rings is 3. The molecule has 0 saturated heterocycles. The van der Waals surface area contributed by atoms with Crippen molar-refractivity contribution in [1.29, 1.82) is 15.8 Å². The summed E-state index contributed by atoms with van der Waals surface area (Å²) in [4.78, 5) is 0. The summed E-state index contributed by atoms with van der Waals surface area (Å²) in [7, 11) is 0. The molecule has 0 atom stereocenters. The summed E-state index contributed by atoms with van der Waals surface area (Å²) in [6, 6.07) is 2.58. The van der Waals surface area contributed by atoms with Crippen LogP contribution in [0.15, 0.2) is 16.7 Å². The highest BCUT2D eigenvalue weighted by molar-refractivity contribution is 5.97. The van der Waals surface area contributed by atoms with Gasteiger partial charge in [0, 0.05) is 0 Å². The van der Waals surface area contributed by atoms with E-state index in [-0.39, 0.29) is 18.2 Å². The molecule has 0 bridgehead atoms. The summed E-state index contributed by atoms with van der Waals surface area (Å²) in [5.74, 6) is -26.3. The highest BCUT2D eigenvalue weighted by Gasteiger charge is 2.36. The number of hydrogen-bond acceptors (Lipinski definition) is 3. The lowest BCUT2D eigenvalue weighted by Crippen LogP contribution is -2.04. The van der Waals surface area contributed by atoms with E-state index in [0.717, 1.165) is 18.2 Å². The van der Waals surface area contributed by atoms with Crippen molar-refractivity contribution in [2.75, 3.05) is 0 Å². The molecule has 1 aliphatic rings. The molecular formula is C27H3F12N3. The molecule has 0 radical (unpaired) electrons. The van der Waals surface area contributed by atoms with Gasteiger partial charge >= 0.3 is 0 Å². The third-order valence-electron chi connectivity index (χ3n) is 5.90. The van der Waals surface area contributed by atoms with Crippen molar-refractivity contribution in [2.24, 2.45) is 0 Å². The molecule has 3 aromatic rings. The predicted octanol–water partition coefficient (Wildman–Crippen LogP) is 7.54. The van der Waals surface area contributed by atoms with Crippen LogP contribution in [0.5, 0.6) is 0 Å². The second kappa shape index (κ2) is 10.5. The van der Waals surface area contributed by atoms with Gasteiger partial charge in [0.15, 0.2) is 69.8 Å². The van der Waals surface area contributed by atoms with Crippen molar-refractivity contribution in [3.05, 3.63) is 120 Å². The van der Waals surface area contributed by atoms with E-state index in [4.69, 9.17) is 15.8 Å². The third-order valence-corrected chi connectivity index (χ3v) is 5.90. The lowest BCUT2D eigenvalue weighted by molar-refractivity contribution is 0.447. The first kappa shape index (κ1) is 29.5. The van der Waals surface area contributed by atoms with Crippen LogP contribution in [-0.2, 0) is 0 Å². The molecule has 42 heavy (non-hydrogen) atoms. The highest BCUT2D eigenvalue weighted by atomic mass is 19.2. The van der Waals surface area contributed by atoms with Crippen molar-refractivity contribution in [3.8, 4) is 18.2 Å². The number of hydrogen-bond donors (Lipinski definition) is 0. The summed E-state index contributed by atoms with van der Waals surface area (Å²) in [5.41, 5.74) is -12.2. The Kier molecular flexibility index (Phi) is 7.36. The van der Waals surface area contributed by atoms with Gasteiger partial charge in [0.2, 0.25) is 0 Å². The van der Waals surface area contributed by atoms with E-state index in [1.165, 1.54) is 0 Å². The standard InChI is InChI=1S/C27H3F12N3/c28-16-10(17(29)23(35)13(4-40)22(16)34)1-7-8(2-11-18(30)24(36)14(5-41)25(37)19(11)31)9(7)3-12-20(32)26(38)15(6-42)27(39)21(12)33/h1-3H. The first-order valence-corrected chi connectivity index (χ1v) is 10.7. The Labute approximate surface area is 225 Å². The van der Waals surface area contributed by atoms with Gasteiger partial charge in [-0.1, -0.05) is 0 Å². The van der Waals surface area contributed by atoms with Crippen LogP contribution in [0.25, 0.3) is 18.2 Å². The molecule has 1 fully saturated rings. The molecular weight excluding hydrogens is 594 g/mol. The summed E-state index contributed by atoms with van der Waals surface area (Å²) < 4.78 is 172. The van der Waals surface area contributed by atoms with Crippen LogP contribution in [0.1, 0.15) is 33.4 Å². The molecule has 1 aliphatic carbocycles. The van der Waals surface area contributed by atoms with Crippen molar-refractivity contribution in [2.45, 2.75) is 0 Å². The third kappa shape index (κ3) is 4.34. The number of rotatable bonds is 3. The Morgan fingerprint density at radius 1 is 0.310 bits per heavy atom. The van der Waals surface area contributed by atoms with Crippen molar-refractivity contribution in [3.63, 3.8) is 0 Å². The van der Waals surface area contributed by atoms with Gasteiger partial charge in [-0.05, 0) is 34.9 Å². The van der Waals surface area contributed by atoms with Gasteiger partial charge in [-0.2, -0.15) is 15.8 Å². The lowest BCUT2D eigenvalue weighted by atomic mass is 10.1. The van der Waals surface area contributed by atoms with E-state index in [2.05, 4.69) is 0 Å². The van der Waals surface area contributed by atoms with Gasteiger partial charge in [-0.3, -0.25) is 0 Å². The zero-order valence-corrected chi connectivity index (χ0v) is 19.6. The smallest absolute Gasteiger partial charge is 0.180 e. The van der Waals surface area contributed by atoms with Gasteiger partial charge in [0.05, 0.1) is 16.7 Å². The van der Waals surface area contributed by atoms with Crippen LogP contribution in [0.4, 0.5) is 52.7 Å². The fraction of sp³-hybridized carbons (Fsp3) is 0. The van der Waals surface area contributed by atoms with E-state index in [9.17, 15) is 52.7 Å². The zero-order chi connectivity index (χ0) is 31.4. The van der Waals surface area contributed by atoms with Crippen LogP contribution >= 0.6 is 0 Å². The summed E-state index contributed by atoms with van der Waals surface area (Å²) >= 11 is 0. The first-order chi connectivity index (χ1) is 19.7. The number of allylic oxidation sites excluding steroid dienone is 3. The molecule has 3 aromatic carbocycles. The second-order valence-corrected chi connectivity index (χ2v) is 8.14. The predicted molar refractivity (Wildman–Crippen MR) is 117 cm³/mol. The Balaban J connectivity index is 2.07. The van der Waals surface area contributed by atoms with Crippen molar-refractivity contribution < 1.29 is 52.7 Å². The fourth-order valence-corrected chi connectivity index (χ4v) is 3.75. The van der Waals surface area contributed by atoms with Gasteiger partial charge in [-0.25, -0.2) is 52.7 Å². The minimum absolute atomic E-state index is 0.188. The average Bonchev–Trinajstić information content (AvgIpc) is 3.62. The Morgan fingerprint density at radius 3 is 0.619 bits per heavy atom. The van der Waals surface area contributed by atoms with E-state index >= 15 is 0 Å². The van der Waals surface area contributed by atoms with E-state index in [1.54, 1.807) is 0 Å². The molecule has 3 nitrogen and oxygen atoms in total. The lowest BCUT2D eigenvalue weighted by Gasteiger charge is -2.05. The van der Waals surface area contributed by atoms with Crippen LogP contribution in [0.3, 0.4) is 0 Å². The Hall–Kier alpha value is -5.49. The molecule has 210 valence electrons. The molecule has 0 aromatic heterocycles. The molecule has 1 saturated carbocycles. The molecule has 15 heteroatoms. The minimum Gasteiger partial charge on any atom is -0.203 e. The quantitative estimate of drug-likeness (QED) is 0.232. The molecule has 0 heterocycles. The molecule has 0 aliphatic heterocycles. The highest BCUT2D eigenvalue weighted by Crippen LogP contribution is 2.50. The zero-order valence-electron chi connectivity index (χ0n) is 19.6. The number of nitrogens with zero attached hydrogens (tertiary/aromatic N) is 3. The normalized spacial score (nSPS) is 12.1. The van der Waals surface area contributed by atoms with Gasteiger partial charge < -0.3 is 0 Å². The maximum Gasteiger partial charge on any atom is 0.180 e. The van der Waals surface area contributed by atoms with Crippen LogP contribution in [0, 0.1) is 104 Å².